The fourth-order valence-corrected chi connectivity index (χ4v) is 3.32. The van der Waals surface area contributed by atoms with E-state index in [2.05, 4.69) is 27.7 Å². The van der Waals surface area contributed by atoms with Crippen molar-refractivity contribution in [2.24, 2.45) is 11.3 Å². The molecule has 1 fully saturated rings. The minimum absolute atomic E-state index is 0.0874. The second-order valence-corrected chi connectivity index (χ2v) is 5.85. The first kappa shape index (κ1) is 12.4. The van der Waals surface area contributed by atoms with Crippen LogP contribution in [-0.4, -0.2) is 19.3 Å². The van der Waals surface area contributed by atoms with Gasteiger partial charge < -0.3 is 13.6 Å². The maximum atomic E-state index is 5.82. The third kappa shape index (κ3) is 2.90. The molecule has 0 spiro atoms. The lowest BCUT2D eigenvalue weighted by Crippen LogP contribution is -2.41. The highest BCUT2D eigenvalue weighted by Crippen LogP contribution is 2.51. The summed E-state index contributed by atoms with van der Waals surface area (Å²) in [7, 11) is -1.10. The molecule has 1 heterocycles. The lowest BCUT2D eigenvalue weighted by atomic mass is 9.81. The van der Waals surface area contributed by atoms with E-state index in [4.69, 9.17) is 13.6 Å². The van der Waals surface area contributed by atoms with Gasteiger partial charge in [-0.1, -0.05) is 27.7 Å². The fourth-order valence-electron chi connectivity index (χ4n) is 1.76. The maximum Gasteiger partial charge on any atom is 0.332 e. The molecule has 0 aromatic carbocycles. The highest BCUT2D eigenvalue weighted by atomic mass is 31.2. The Labute approximate surface area is 88.1 Å². The highest BCUT2D eigenvalue weighted by Gasteiger charge is 2.41. The van der Waals surface area contributed by atoms with Crippen molar-refractivity contribution in [2.45, 2.75) is 40.7 Å². The normalized spacial score (nSPS) is 32.1. The van der Waals surface area contributed by atoms with E-state index < -0.39 is 8.60 Å². The van der Waals surface area contributed by atoms with Crippen LogP contribution >= 0.6 is 8.60 Å². The monoisotopic (exact) mass is 220 g/mol. The molecule has 84 valence electrons. The van der Waals surface area contributed by atoms with E-state index in [-0.39, 0.29) is 11.5 Å². The van der Waals surface area contributed by atoms with Crippen molar-refractivity contribution in [3.63, 3.8) is 0 Å². The van der Waals surface area contributed by atoms with Crippen LogP contribution in [0.1, 0.15) is 34.6 Å². The third-order valence-corrected chi connectivity index (χ3v) is 3.56. The third-order valence-electron chi connectivity index (χ3n) is 2.35. The van der Waals surface area contributed by atoms with Gasteiger partial charge in [-0.15, -0.1) is 0 Å². The molecule has 1 saturated heterocycles. The van der Waals surface area contributed by atoms with Gasteiger partial charge in [-0.3, -0.25) is 0 Å². The van der Waals surface area contributed by atoms with Gasteiger partial charge in [0.2, 0.25) is 0 Å². The molecule has 1 rings (SSSR count). The van der Waals surface area contributed by atoms with E-state index >= 15 is 0 Å². The van der Waals surface area contributed by atoms with Crippen LogP contribution in [0, 0.1) is 11.3 Å². The summed E-state index contributed by atoms with van der Waals surface area (Å²) in [6, 6.07) is 0. The molecule has 1 aliphatic heterocycles. The van der Waals surface area contributed by atoms with Crippen molar-refractivity contribution in [2.75, 3.05) is 13.2 Å². The zero-order valence-corrected chi connectivity index (χ0v) is 10.6. The van der Waals surface area contributed by atoms with Crippen LogP contribution in [0.4, 0.5) is 0 Å². The van der Waals surface area contributed by atoms with Crippen LogP contribution in [0.15, 0.2) is 0 Å². The van der Waals surface area contributed by atoms with Gasteiger partial charge in [0, 0.05) is 5.41 Å². The minimum Gasteiger partial charge on any atom is -0.313 e. The predicted molar refractivity (Wildman–Crippen MR) is 58.0 cm³/mol. The topological polar surface area (TPSA) is 27.7 Å². The fraction of sp³-hybridized carbons (Fsp3) is 1.00. The summed E-state index contributed by atoms with van der Waals surface area (Å²) in [5, 5.41) is 0. The molecule has 14 heavy (non-hydrogen) atoms. The Balaban J connectivity index is 2.58. The standard InChI is InChI=1S/C10H21O3P/c1-6-11-14-12-7-10(4,5)9(13-14)8(2)3/h8-9H,6-7H2,1-5H3/t9-,14-/m0/s1. The second kappa shape index (κ2) is 4.89. The molecule has 4 heteroatoms. The molecule has 0 radical (unpaired) electrons. The summed E-state index contributed by atoms with van der Waals surface area (Å²) >= 11 is 0. The van der Waals surface area contributed by atoms with Gasteiger partial charge >= 0.3 is 8.60 Å². The van der Waals surface area contributed by atoms with Gasteiger partial charge in [0.1, 0.15) is 0 Å². The van der Waals surface area contributed by atoms with E-state index in [0.29, 0.717) is 12.5 Å². The quantitative estimate of drug-likeness (QED) is 0.682. The van der Waals surface area contributed by atoms with Crippen LogP contribution in [-0.2, 0) is 13.6 Å². The minimum atomic E-state index is -1.10. The van der Waals surface area contributed by atoms with Gasteiger partial charge in [0.15, 0.2) is 0 Å². The molecular weight excluding hydrogens is 199 g/mol. The molecule has 3 nitrogen and oxygen atoms in total. The molecular formula is C10H21O3P. The first-order valence-electron chi connectivity index (χ1n) is 5.20. The molecule has 0 saturated carbocycles. The smallest absolute Gasteiger partial charge is 0.313 e. The highest BCUT2D eigenvalue weighted by molar-refractivity contribution is 7.41. The van der Waals surface area contributed by atoms with Crippen LogP contribution in [0.25, 0.3) is 0 Å². The molecule has 1 aliphatic rings. The van der Waals surface area contributed by atoms with Crippen molar-refractivity contribution >= 4 is 8.60 Å². The SMILES string of the molecule is CCO[P@@]1OCC(C)(C)[C@H](C(C)C)O1. The van der Waals surface area contributed by atoms with Gasteiger partial charge in [-0.25, -0.2) is 0 Å². The Morgan fingerprint density at radius 2 is 2.14 bits per heavy atom. The van der Waals surface area contributed by atoms with Crippen molar-refractivity contribution < 1.29 is 13.6 Å². The van der Waals surface area contributed by atoms with Crippen molar-refractivity contribution in [1.29, 1.82) is 0 Å². The van der Waals surface area contributed by atoms with Crippen molar-refractivity contribution in [3.8, 4) is 0 Å². The zero-order chi connectivity index (χ0) is 10.8. The molecule has 0 unspecified atom stereocenters. The first-order valence-corrected chi connectivity index (χ1v) is 6.29. The largest absolute Gasteiger partial charge is 0.332 e. The van der Waals surface area contributed by atoms with Crippen LogP contribution in [0.5, 0.6) is 0 Å². The number of hydrogen-bond acceptors (Lipinski definition) is 3. The van der Waals surface area contributed by atoms with Gasteiger partial charge in [-0.2, -0.15) is 0 Å². The van der Waals surface area contributed by atoms with E-state index in [0.717, 1.165) is 6.61 Å². The summed E-state index contributed by atoms with van der Waals surface area (Å²) < 4.78 is 16.7. The summed E-state index contributed by atoms with van der Waals surface area (Å²) in [4.78, 5) is 0. The van der Waals surface area contributed by atoms with Crippen LogP contribution in [0.2, 0.25) is 0 Å². The van der Waals surface area contributed by atoms with E-state index in [9.17, 15) is 0 Å². The predicted octanol–water partition coefficient (Wildman–Crippen LogP) is 3.35. The average Bonchev–Trinajstić information content (AvgIpc) is 2.08. The Hall–Kier alpha value is 0.310. The van der Waals surface area contributed by atoms with Crippen LogP contribution in [0.3, 0.4) is 0 Å². The summed E-state index contributed by atoms with van der Waals surface area (Å²) in [5.41, 5.74) is 0.0874. The molecule has 0 aromatic heterocycles. The van der Waals surface area contributed by atoms with E-state index in [1.54, 1.807) is 0 Å². The Kier molecular flexibility index (Phi) is 4.32. The van der Waals surface area contributed by atoms with Gasteiger partial charge in [0.05, 0.1) is 19.3 Å². The average molecular weight is 220 g/mol. The maximum absolute atomic E-state index is 5.82. The lowest BCUT2D eigenvalue weighted by Gasteiger charge is -2.42. The number of rotatable bonds is 3. The van der Waals surface area contributed by atoms with Crippen LogP contribution < -0.4 is 0 Å². The summed E-state index contributed by atoms with van der Waals surface area (Å²) in [6.07, 6.45) is 0.230. The van der Waals surface area contributed by atoms with E-state index in [1.165, 1.54) is 0 Å². The summed E-state index contributed by atoms with van der Waals surface area (Å²) in [6.45, 7) is 12.0. The Bertz CT molecular complexity index is 182. The molecule has 0 amide bonds. The Morgan fingerprint density at radius 3 is 2.64 bits per heavy atom. The molecule has 0 N–H and O–H groups in total. The van der Waals surface area contributed by atoms with Crippen molar-refractivity contribution in [1.82, 2.24) is 0 Å². The van der Waals surface area contributed by atoms with E-state index in [1.807, 2.05) is 6.92 Å². The van der Waals surface area contributed by atoms with Gasteiger partial charge in [0.25, 0.3) is 0 Å². The number of hydrogen-bond donors (Lipinski definition) is 0. The molecule has 0 bridgehead atoms. The first-order chi connectivity index (χ1) is 6.47. The molecule has 0 aliphatic carbocycles. The zero-order valence-electron chi connectivity index (χ0n) is 9.74. The van der Waals surface area contributed by atoms with Gasteiger partial charge in [-0.05, 0) is 12.8 Å². The molecule has 2 atom stereocenters. The summed E-state index contributed by atoms with van der Waals surface area (Å²) in [5.74, 6) is 0.499. The van der Waals surface area contributed by atoms with Crippen molar-refractivity contribution in [3.05, 3.63) is 0 Å². The second-order valence-electron chi connectivity index (χ2n) is 4.67. The molecule has 0 aromatic rings. The Morgan fingerprint density at radius 1 is 1.50 bits per heavy atom. The lowest BCUT2D eigenvalue weighted by molar-refractivity contribution is -0.0544.